The van der Waals surface area contributed by atoms with Gasteiger partial charge in [-0.3, -0.25) is 19.3 Å². The fourth-order valence-electron chi connectivity index (χ4n) is 7.03. The van der Waals surface area contributed by atoms with Gasteiger partial charge in [-0.1, -0.05) is 80.4 Å². The maximum Gasteiger partial charge on any atom is 0.329 e. The number of anilines is 1. The first kappa shape index (κ1) is 27.7. The predicted molar refractivity (Wildman–Crippen MR) is 156 cm³/mol. The Hall–Kier alpha value is -4.46. The van der Waals surface area contributed by atoms with Crippen molar-refractivity contribution in [3.63, 3.8) is 0 Å². The molecule has 0 spiro atoms. The molecule has 1 N–H and O–H groups in total. The van der Waals surface area contributed by atoms with Gasteiger partial charge in [0.05, 0.1) is 24.1 Å². The highest BCUT2D eigenvalue weighted by atomic mass is 16.5. The Morgan fingerprint density at radius 2 is 1.33 bits per heavy atom. The van der Waals surface area contributed by atoms with E-state index in [-0.39, 0.29) is 30.1 Å². The van der Waals surface area contributed by atoms with Gasteiger partial charge in [0.15, 0.2) is 6.61 Å². The maximum absolute atomic E-state index is 14.2. The standard InChI is InChI=1S/C34H34N2O6/c1-3-5-17-25(34(40)42-19-27(37)35-24-16-10-11-18-26(24)41-4-2)36-32(38)30-28-20-12-6-7-13-21(20)29(31(30)33(36)39)23-15-9-8-14-22(23)28/h6-16,18,25,28-31H,3-5,17,19H2,1-2H3,(H,35,37)/t25-,28?,29?,30+,31+/m1/s1. The van der Waals surface area contributed by atoms with Crippen LogP contribution >= 0.6 is 0 Å². The fourth-order valence-corrected chi connectivity index (χ4v) is 7.03. The number of benzene rings is 3. The summed E-state index contributed by atoms with van der Waals surface area (Å²) in [6.45, 7) is 3.70. The number of esters is 1. The lowest BCUT2D eigenvalue weighted by molar-refractivity contribution is -0.160. The lowest BCUT2D eigenvalue weighted by atomic mass is 9.55. The molecule has 0 radical (unpaired) electrons. The lowest BCUT2D eigenvalue weighted by Gasteiger charge is -2.45. The number of imide groups is 1. The molecule has 0 saturated carbocycles. The SMILES string of the molecule is CCCC[C@H](C(=O)OCC(=O)Nc1ccccc1OCC)N1C(=O)[C@H]2C3c4ccccc4C(c4ccccc43)[C@@H]2C1=O. The summed E-state index contributed by atoms with van der Waals surface area (Å²) in [4.78, 5) is 55.7. The first-order valence-corrected chi connectivity index (χ1v) is 14.7. The van der Waals surface area contributed by atoms with Crippen LogP contribution in [0.25, 0.3) is 0 Å². The number of para-hydroxylation sites is 2. The molecule has 8 heteroatoms. The molecular formula is C34H34N2O6. The van der Waals surface area contributed by atoms with Gasteiger partial charge in [0.2, 0.25) is 11.8 Å². The van der Waals surface area contributed by atoms with Gasteiger partial charge in [0.25, 0.3) is 5.91 Å². The van der Waals surface area contributed by atoms with Crippen LogP contribution in [0, 0.1) is 11.8 Å². The zero-order valence-electron chi connectivity index (χ0n) is 23.7. The zero-order valence-corrected chi connectivity index (χ0v) is 23.7. The van der Waals surface area contributed by atoms with Crippen molar-refractivity contribution in [1.29, 1.82) is 0 Å². The Morgan fingerprint density at radius 3 is 1.86 bits per heavy atom. The molecule has 3 aromatic rings. The average molecular weight is 567 g/mol. The van der Waals surface area contributed by atoms with Gasteiger partial charge in [0.1, 0.15) is 11.8 Å². The Balaban J connectivity index is 1.24. The highest BCUT2D eigenvalue weighted by Crippen LogP contribution is 2.61. The summed E-state index contributed by atoms with van der Waals surface area (Å²) in [7, 11) is 0. The first-order valence-electron chi connectivity index (χ1n) is 14.7. The van der Waals surface area contributed by atoms with E-state index < -0.39 is 36.4 Å². The molecular weight excluding hydrogens is 532 g/mol. The molecule has 1 heterocycles. The van der Waals surface area contributed by atoms with Crippen LogP contribution in [-0.2, 0) is 23.9 Å². The van der Waals surface area contributed by atoms with Crippen molar-refractivity contribution in [2.45, 2.75) is 51.0 Å². The Morgan fingerprint density at radius 1 is 0.810 bits per heavy atom. The minimum atomic E-state index is -1.09. The Labute approximate surface area is 245 Å². The van der Waals surface area contributed by atoms with E-state index in [9.17, 15) is 19.2 Å². The van der Waals surface area contributed by atoms with Crippen LogP contribution in [0.15, 0.2) is 72.8 Å². The maximum atomic E-state index is 14.2. The number of unbranched alkanes of at least 4 members (excludes halogenated alkanes) is 1. The molecule has 1 fully saturated rings. The summed E-state index contributed by atoms with van der Waals surface area (Å²) in [6, 6.07) is 22.0. The molecule has 8 nitrogen and oxygen atoms in total. The number of carbonyl (C=O) groups is 4. The number of nitrogens with one attached hydrogen (secondary N) is 1. The molecule has 0 unspecified atom stereocenters. The molecule has 42 heavy (non-hydrogen) atoms. The van der Waals surface area contributed by atoms with Crippen LogP contribution in [0.3, 0.4) is 0 Å². The third kappa shape index (κ3) is 4.55. The molecule has 3 aliphatic carbocycles. The van der Waals surface area contributed by atoms with E-state index in [0.717, 1.165) is 33.6 Å². The number of hydrogen-bond acceptors (Lipinski definition) is 6. The number of likely N-dealkylation sites (tertiary alicyclic amines) is 1. The van der Waals surface area contributed by atoms with Gasteiger partial charge < -0.3 is 14.8 Å². The van der Waals surface area contributed by atoms with E-state index in [2.05, 4.69) is 5.32 Å². The van der Waals surface area contributed by atoms with E-state index >= 15 is 0 Å². The van der Waals surface area contributed by atoms with Crippen molar-refractivity contribution < 1.29 is 28.7 Å². The van der Waals surface area contributed by atoms with Crippen LogP contribution in [0.2, 0.25) is 0 Å². The van der Waals surface area contributed by atoms with Gasteiger partial charge in [0, 0.05) is 11.8 Å². The summed E-state index contributed by atoms with van der Waals surface area (Å²) in [5.74, 6) is -3.13. The van der Waals surface area contributed by atoms with Gasteiger partial charge in [-0.2, -0.15) is 0 Å². The van der Waals surface area contributed by atoms with Crippen molar-refractivity contribution >= 4 is 29.4 Å². The van der Waals surface area contributed by atoms with Crippen LogP contribution in [0.1, 0.15) is 67.2 Å². The van der Waals surface area contributed by atoms with Crippen LogP contribution in [0.4, 0.5) is 5.69 Å². The summed E-state index contributed by atoms with van der Waals surface area (Å²) in [5.41, 5.74) is 4.75. The number of rotatable bonds is 10. The smallest absolute Gasteiger partial charge is 0.329 e. The second kappa shape index (κ2) is 11.4. The van der Waals surface area contributed by atoms with Crippen molar-refractivity contribution in [3.8, 4) is 5.75 Å². The minimum absolute atomic E-state index is 0.257. The molecule has 3 aromatic carbocycles. The molecule has 2 bridgehead atoms. The van der Waals surface area contributed by atoms with Crippen LogP contribution in [0.5, 0.6) is 5.75 Å². The van der Waals surface area contributed by atoms with E-state index in [1.807, 2.05) is 62.4 Å². The number of hydrogen-bond donors (Lipinski definition) is 1. The third-order valence-electron chi connectivity index (χ3n) is 8.70. The topological polar surface area (TPSA) is 102 Å². The summed E-state index contributed by atoms with van der Waals surface area (Å²) in [6.07, 6.45) is 1.66. The van der Waals surface area contributed by atoms with Gasteiger partial charge in [-0.05, 0) is 47.7 Å². The van der Waals surface area contributed by atoms with Gasteiger partial charge in [-0.25, -0.2) is 4.79 Å². The summed E-state index contributed by atoms with van der Waals surface area (Å²) in [5, 5.41) is 2.71. The molecule has 216 valence electrons. The molecule has 1 aliphatic heterocycles. The Kier molecular flexibility index (Phi) is 7.54. The zero-order chi connectivity index (χ0) is 29.4. The summed E-state index contributed by atoms with van der Waals surface area (Å²) < 4.78 is 11.0. The van der Waals surface area contributed by atoms with Crippen molar-refractivity contribution in [3.05, 3.63) is 95.1 Å². The molecule has 3 atom stereocenters. The predicted octanol–water partition coefficient (Wildman–Crippen LogP) is 5.02. The largest absolute Gasteiger partial charge is 0.492 e. The highest BCUT2D eigenvalue weighted by Gasteiger charge is 2.63. The third-order valence-corrected chi connectivity index (χ3v) is 8.70. The van der Waals surface area contributed by atoms with Crippen molar-refractivity contribution in [1.82, 2.24) is 4.90 Å². The molecule has 3 amide bonds. The molecule has 0 aromatic heterocycles. The number of amides is 3. The summed E-state index contributed by atoms with van der Waals surface area (Å²) >= 11 is 0. The van der Waals surface area contributed by atoms with Gasteiger partial charge >= 0.3 is 5.97 Å². The lowest BCUT2D eigenvalue weighted by Crippen LogP contribution is -2.47. The van der Waals surface area contributed by atoms with E-state index in [4.69, 9.17) is 9.47 Å². The van der Waals surface area contributed by atoms with Crippen molar-refractivity contribution in [2.24, 2.45) is 11.8 Å². The van der Waals surface area contributed by atoms with Gasteiger partial charge in [-0.15, -0.1) is 0 Å². The quantitative estimate of drug-likeness (QED) is 0.273. The molecule has 1 saturated heterocycles. The molecule has 4 aliphatic rings. The fraction of sp³-hybridized carbons (Fsp3) is 0.353. The molecule has 7 rings (SSSR count). The number of nitrogens with zero attached hydrogens (tertiary/aromatic N) is 1. The van der Waals surface area contributed by atoms with Crippen molar-refractivity contribution in [2.75, 3.05) is 18.5 Å². The van der Waals surface area contributed by atoms with E-state index in [1.54, 1.807) is 24.3 Å². The van der Waals surface area contributed by atoms with E-state index in [0.29, 0.717) is 24.5 Å². The second-order valence-corrected chi connectivity index (χ2v) is 11.1. The van der Waals surface area contributed by atoms with Crippen LogP contribution in [-0.4, -0.2) is 47.8 Å². The Bertz CT molecular complexity index is 1430. The highest BCUT2D eigenvalue weighted by molar-refractivity contribution is 6.10. The first-order chi connectivity index (χ1) is 20.5. The monoisotopic (exact) mass is 566 g/mol. The number of carbonyl (C=O) groups excluding carboxylic acids is 4. The number of ether oxygens (including phenoxy) is 2. The normalized spacial score (nSPS) is 22.2. The average Bonchev–Trinajstić information content (AvgIpc) is 3.27. The van der Waals surface area contributed by atoms with E-state index in [1.165, 1.54) is 0 Å². The van der Waals surface area contributed by atoms with Crippen LogP contribution < -0.4 is 10.1 Å². The minimum Gasteiger partial charge on any atom is -0.492 e. The second-order valence-electron chi connectivity index (χ2n) is 11.1.